The van der Waals surface area contributed by atoms with Gasteiger partial charge in [0.1, 0.15) is 5.75 Å². The number of aryl methyl sites for hydroxylation is 1. The van der Waals surface area contributed by atoms with E-state index >= 15 is 0 Å². The molecule has 2 saturated carbocycles. The Morgan fingerprint density at radius 3 is 2.72 bits per heavy atom. The summed E-state index contributed by atoms with van der Waals surface area (Å²) in [6.07, 6.45) is 5.82. The van der Waals surface area contributed by atoms with E-state index < -0.39 is 0 Å². The fourth-order valence-electron chi connectivity index (χ4n) is 3.08. The predicted molar refractivity (Wildman–Crippen MR) is 73.8 cm³/mol. The number of nitrogens with one attached hydrogen (secondary N) is 1. The van der Waals surface area contributed by atoms with Crippen LogP contribution in [0.25, 0.3) is 0 Å². The van der Waals surface area contributed by atoms with Crippen LogP contribution in [0.15, 0.2) is 18.2 Å². The van der Waals surface area contributed by atoms with Crippen LogP contribution in [0.2, 0.25) is 0 Å². The van der Waals surface area contributed by atoms with E-state index in [-0.39, 0.29) is 0 Å². The summed E-state index contributed by atoms with van der Waals surface area (Å²) in [6, 6.07) is 6.40. The third-order valence-electron chi connectivity index (χ3n) is 4.56. The molecule has 0 saturated heterocycles. The molecule has 2 fully saturated rings. The van der Waals surface area contributed by atoms with Crippen LogP contribution in [0.3, 0.4) is 0 Å². The maximum atomic E-state index is 5.42. The Morgan fingerprint density at radius 2 is 2.11 bits per heavy atom. The molecule has 0 unspecified atom stereocenters. The molecule has 2 aliphatic rings. The van der Waals surface area contributed by atoms with Crippen LogP contribution < -0.4 is 10.1 Å². The Hall–Kier alpha value is -1.02. The van der Waals surface area contributed by atoms with Crippen molar-refractivity contribution >= 4 is 0 Å². The zero-order valence-electron chi connectivity index (χ0n) is 11.5. The van der Waals surface area contributed by atoms with Gasteiger partial charge in [0.15, 0.2) is 0 Å². The van der Waals surface area contributed by atoms with Crippen LogP contribution in [0.1, 0.15) is 36.8 Å². The Labute approximate surface area is 110 Å². The number of benzene rings is 1. The van der Waals surface area contributed by atoms with Gasteiger partial charge in [-0.1, -0.05) is 17.7 Å². The van der Waals surface area contributed by atoms with Crippen molar-refractivity contribution in [2.75, 3.05) is 13.7 Å². The van der Waals surface area contributed by atoms with Crippen LogP contribution in [-0.4, -0.2) is 13.7 Å². The van der Waals surface area contributed by atoms with Gasteiger partial charge in [-0.3, -0.25) is 0 Å². The van der Waals surface area contributed by atoms with Crippen molar-refractivity contribution in [2.45, 2.75) is 39.2 Å². The average Bonchev–Trinajstić information content (AvgIpc) is 3.23. The predicted octanol–water partition coefficient (Wildman–Crippen LogP) is 3.28. The highest BCUT2D eigenvalue weighted by Gasteiger charge is 2.53. The second-order valence-corrected chi connectivity index (χ2v) is 6.06. The summed E-state index contributed by atoms with van der Waals surface area (Å²) in [4.78, 5) is 0. The molecule has 1 aromatic carbocycles. The van der Waals surface area contributed by atoms with E-state index in [1.165, 1.54) is 43.4 Å². The molecule has 0 aromatic heterocycles. The lowest BCUT2D eigenvalue weighted by molar-refractivity contribution is 0.390. The van der Waals surface area contributed by atoms with Gasteiger partial charge in [0.2, 0.25) is 0 Å². The quantitative estimate of drug-likeness (QED) is 0.830. The summed E-state index contributed by atoms with van der Waals surface area (Å²) in [5, 5.41) is 3.65. The van der Waals surface area contributed by atoms with Crippen molar-refractivity contribution in [3.05, 3.63) is 29.3 Å². The van der Waals surface area contributed by atoms with E-state index in [9.17, 15) is 0 Å². The summed E-state index contributed by atoms with van der Waals surface area (Å²) in [6.45, 7) is 4.25. The maximum Gasteiger partial charge on any atom is 0.123 e. The highest BCUT2D eigenvalue weighted by atomic mass is 16.5. The van der Waals surface area contributed by atoms with Gasteiger partial charge in [-0.05, 0) is 50.0 Å². The number of hydrogen-bond acceptors (Lipinski definition) is 2. The molecule has 1 N–H and O–H groups in total. The van der Waals surface area contributed by atoms with Crippen molar-refractivity contribution in [2.24, 2.45) is 11.3 Å². The minimum absolute atomic E-state index is 0.678. The van der Waals surface area contributed by atoms with Crippen molar-refractivity contribution in [3.63, 3.8) is 0 Å². The molecule has 0 heterocycles. The van der Waals surface area contributed by atoms with Gasteiger partial charge in [0.25, 0.3) is 0 Å². The standard InChI is InChI=1S/C16H23NO/c1-12-3-6-15(18-2)13(9-12)10-17-11-16(7-8-16)14-4-5-14/h3,6,9,14,17H,4-5,7-8,10-11H2,1-2H3. The van der Waals surface area contributed by atoms with Gasteiger partial charge in [-0.15, -0.1) is 0 Å². The van der Waals surface area contributed by atoms with Crippen LogP contribution in [-0.2, 0) is 6.54 Å². The molecule has 2 aliphatic carbocycles. The molecule has 0 bridgehead atoms. The summed E-state index contributed by atoms with van der Waals surface area (Å²) < 4.78 is 5.42. The van der Waals surface area contributed by atoms with Crippen LogP contribution in [0.5, 0.6) is 5.75 Å². The Bertz CT molecular complexity index is 433. The van der Waals surface area contributed by atoms with E-state index in [1.807, 2.05) is 0 Å². The third-order valence-corrected chi connectivity index (χ3v) is 4.56. The summed E-state index contributed by atoms with van der Waals surface area (Å²) in [7, 11) is 1.75. The lowest BCUT2D eigenvalue weighted by Gasteiger charge is -2.16. The molecule has 3 rings (SSSR count). The van der Waals surface area contributed by atoms with Crippen LogP contribution in [0.4, 0.5) is 0 Å². The van der Waals surface area contributed by atoms with Gasteiger partial charge in [0.05, 0.1) is 7.11 Å². The topological polar surface area (TPSA) is 21.3 Å². The maximum absolute atomic E-state index is 5.42. The first-order valence-corrected chi connectivity index (χ1v) is 7.08. The van der Waals surface area contributed by atoms with Gasteiger partial charge >= 0.3 is 0 Å². The van der Waals surface area contributed by atoms with Gasteiger partial charge < -0.3 is 10.1 Å². The van der Waals surface area contributed by atoms with Crippen molar-refractivity contribution < 1.29 is 4.74 Å². The summed E-state index contributed by atoms with van der Waals surface area (Å²) >= 11 is 0. The number of rotatable bonds is 6. The highest BCUT2D eigenvalue weighted by molar-refractivity contribution is 5.36. The fraction of sp³-hybridized carbons (Fsp3) is 0.625. The second-order valence-electron chi connectivity index (χ2n) is 6.06. The molecule has 1 aromatic rings. The summed E-state index contributed by atoms with van der Waals surface area (Å²) in [5.41, 5.74) is 3.26. The molecule has 0 spiro atoms. The number of hydrogen-bond donors (Lipinski definition) is 1. The molecule has 18 heavy (non-hydrogen) atoms. The van der Waals surface area contributed by atoms with E-state index in [0.717, 1.165) is 18.2 Å². The molecule has 2 heteroatoms. The van der Waals surface area contributed by atoms with Crippen molar-refractivity contribution in [3.8, 4) is 5.75 Å². The molecule has 0 aliphatic heterocycles. The minimum Gasteiger partial charge on any atom is -0.496 e. The molecule has 0 amide bonds. The Morgan fingerprint density at radius 1 is 1.33 bits per heavy atom. The van der Waals surface area contributed by atoms with Gasteiger partial charge in [0, 0.05) is 18.7 Å². The Balaban J connectivity index is 1.57. The van der Waals surface area contributed by atoms with E-state index in [2.05, 4.69) is 30.4 Å². The second kappa shape index (κ2) is 4.58. The van der Waals surface area contributed by atoms with Crippen LogP contribution in [0, 0.1) is 18.3 Å². The lowest BCUT2D eigenvalue weighted by atomic mass is 10.0. The first-order valence-electron chi connectivity index (χ1n) is 7.08. The third kappa shape index (κ3) is 2.39. The average molecular weight is 245 g/mol. The fourth-order valence-corrected chi connectivity index (χ4v) is 3.08. The smallest absolute Gasteiger partial charge is 0.123 e. The van der Waals surface area contributed by atoms with Crippen LogP contribution >= 0.6 is 0 Å². The minimum atomic E-state index is 0.678. The van der Waals surface area contributed by atoms with Crippen molar-refractivity contribution in [1.29, 1.82) is 0 Å². The zero-order valence-corrected chi connectivity index (χ0v) is 11.5. The van der Waals surface area contributed by atoms with E-state index in [4.69, 9.17) is 4.74 Å². The monoisotopic (exact) mass is 245 g/mol. The highest BCUT2D eigenvalue weighted by Crippen LogP contribution is 2.60. The molecule has 0 radical (unpaired) electrons. The van der Waals surface area contributed by atoms with Gasteiger partial charge in [-0.25, -0.2) is 0 Å². The molecule has 2 nitrogen and oxygen atoms in total. The van der Waals surface area contributed by atoms with Gasteiger partial charge in [-0.2, -0.15) is 0 Å². The first kappa shape index (κ1) is 12.0. The Kier molecular flexibility index (Phi) is 3.06. The van der Waals surface area contributed by atoms with E-state index in [1.54, 1.807) is 7.11 Å². The molecular weight excluding hydrogens is 222 g/mol. The molecule has 0 atom stereocenters. The largest absolute Gasteiger partial charge is 0.496 e. The van der Waals surface area contributed by atoms with E-state index in [0.29, 0.717) is 5.41 Å². The van der Waals surface area contributed by atoms with Crippen molar-refractivity contribution in [1.82, 2.24) is 5.32 Å². The molecular formula is C16H23NO. The normalized spacial score (nSPS) is 20.8. The number of methoxy groups -OCH3 is 1. The lowest BCUT2D eigenvalue weighted by Crippen LogP contribution is -2.25. The molecule has 98 valence electrons. The first-order chi connectivity index (χ1) is 8.73. The summed E-state index contributed by atoms with van der Waals surface area (Å²) in [5.74, 6) is 2.04. The number of ether oxygens (including phenoxy) is 1. The SMILES string of the molecule is COc1ccc(C)cc1CNCC1(C2CC2)CC1. The zero-order chi connectivity index (χ0) is 12.6.